The first kappa shape index (κ1) is 12.5. The maximum Gasteiger partial charge on any atom is 0.185 e. The molecule has 17 heavy (non-hydrogen) atoms. The molecule has 1 aromatic rings. The number of sulfone groups is 1. The van der Waals surface area contributed by atoms with Crippen LogP contribution in [0.15, 0.2) is 5.38 Å². The van der Waals surface area contributed by atoms with Crippen molar-refractivity contribution in [1.82, 2.24) is 4.98 Å². The molecule has 0 aromatic carbocycles. The number of ketones is 1. The van der Waals surface area contributed by atoms with Crippen LogP contribution in [0.1, 0.15) is 23.8 Å². The van der Waals surface area contributed by atoms with Gasteiger partial charge in [-0.25, -0.2) is 13.4 Å². The Balaban J connectivity index is 2.14. The van der Waals surface area contributed by atoms with E-state index in [0.717, 1.165) is 0 Å². The summed E-state index contributed by atoms with van der Waals surface area (Å²) >= 11 is 1.37. The first-order chi connectivity index (χ1) is 7.89. The van der Waals surface area contributed by atoms with Crippen molar-refractivity contribution in [3.63, 3.8) is 0 Å². The number of nitrogens with zero attached hydrogens (tertiary/aromatic N) is 2. The summed E-state index contributed by atoms with van der Waals surface area (Å²) in [6.07, 6.45) is 0.633. The largest absolute Gasteiger partial charge is 0.347 e. The summed E-state index contributed by atoms with van der Waals surface area (Å²) < 4.78 is 22.8. The number of rotatable bonds is 3. The normalized spacial score (nSPS) is 22.6. The van der Waals surface area contributed by atoms with E-state index in [-0.39, 0.29) is 23.3 Å². The van der Waals surface area contributed by atoms with Gasteiger partial charge in [0.2, 0.25) is 0 Å². The first-order valence-corrected chi connectivity index (χ1v) is 7.99. The van der Waals surface area contributed by atoms with Crippen LogP contribution in [0.25, 0.3) is 0 Å². The van der Waals surface area contributed by atoms with Crippen LogP contribution in [-0.4, -0.2) is 43.8 Å². The lowest BCUT2D eigenvalue weighted by Crippen LogP contribution is -2.32. The molecule has 1 aliphatic heterocycles. The molecule has 1 atom stereocenters. The van der Waals surface area contributed by atoms with Gasteiger partial charge >= 0.3 is 0 Å². The first-order valence-electron chi connectivity index (χ1n) is 5.29. The molecule has 0 saturated carbocycles. The molecule has 0 amide bonds. The van der Waals surface area contributed by atoms with E-state index in [0.29, 0.717) is 17.2 Å². The van der Waals surface area contributed by atoms with Gasteiger partial charge in [0, 0.05) is 25.4 Å². The molecule has 0 bridgehead atoms. The van der Waals surface area contributed by atoms with Crippen molar-refractivity contribution in [3.05, 3.63) is 11.1 Å². The summed E-state index contributed by atoms with van der Waals surface area (Å²) in [5.41, 5.74) is 0.442. The topological polar surface area (TPSA) is 67.3 Å². The summed E-state index contributed by atoms with van der Waals surface area (Å²) in [5, 5.41) is 2.41. The predicted molar refractivity (Wildman–Crippen MR) is 67.6 cm³/mol. The van der Waals surface area contributed by atoms with E-state index in [1.54, 1.807) is 5.38 Å². The van der Waals surface area contributed by atoms with E-state index in [9.17, 15) is 13.2 Å². The van der Waals surface area contributed by atoms with Crippen molar-refractivity contribution in [2.75, 3.05) is 23.5 Å². The van der Waals surface area contributed by atoms with Crippen LogP contribution in [0.2, 0.25) is 0 Å². The van der Waals surface area contributed by atoms with Crippen LogP contribution >= 0.6 is 11.3 Å². The predicted octanol–water partition coefficient (Wildman–Crippen LogP) is 0.969. The Morgan fingerprint density at radius 3 is 2.76 bits per heavy atom. The Hall–Kier alpha value is -0.950. The van der Waals surface area contributed by atoms with E-state index in [1.807, 2.05) is 11.9 Å². The molecule has 5 nitrogen and oxygen atoms in total. The highest BCUT2D eigenvalue weighted by Crippen LogP contribution is 2.26. The van der Waals surface area contributed by atoms with Crippen LogP contribution in [0.3, 0.4) is 0 Å². The van der Waals surface area contributed by atoms with E-state index in [1.165, 1.54) is 18.3 Å². The summed E-state index contributed by atoms with van der Waals surface area (Å²) in [4.78, 5) is 17.2. The second-order valence-electron chi connectivity index (χ2n) is 4.24. The van der Waals surface area contributed by atoms with Gasteiger partial charge in [-0.3, -0.25) is 4.79 Å². The number of Topliss-reactive ketones (excluding diaryl/α,β-unsaturated/α-hetero) is 1. The van der Waals surface area contributed by atoms with Gasteiger partial charge in [-0.05, 0) is 6.42 Å². The molecule has 1 saturated heterocycles. The smallest absolute Gasteiger partial charge is 0.185 e. The highest BCUT2D eigenvalue weighted by atomic mass is 32.2. The third kappa shape index (κ3) is 2.66. The van der Waals surface area contributed by atoms with Crippen molar-refractivity contribution >= 4 is 32.1 Å². The van der Waals surface area contributed by atoms with Gasteiger partial charge in [-0.2, -0.15) is 0 Å². The molecule has 0 radical (unpaired) electrons. The Morgan fingerprint density at radius 2 is 2.29 bits per heavy atom. The molecule has 0 aliphatic carbocycles. The molecule has 0 spiro atoms. The fourth-order valence-electron chi connectivity index (χ4n) is 1.82. The van der Waals surface area contributed by atoms with Gasteiger partial charge in [0.1, 0.15) is 5.69 Å². The van der Waals surface area contributed by atoms with Crippen LogP contribution in [0, 0.1) is 0 Å². The van der Waals surface area contributed by atoms with Crippen molar-refractivity contribution in [2.45, 2.75) is 19.4 Å². The summed E-state index contributed by atoms with van der Waals surface area (Å²) in [7, 11) is -1.06. The van der Waals surface area contributed by atoms with Crippen molar-refractivity contribution in [1.29, 1.82) is 0 Å². The lowest BCUT2D eigenvalue weighted by molar-refractivity contribution is 0.101. The number of carbonyl (C=O) groups is 1. The zero-order chi connectivity index (χ0) is 12.6. The monoisotopic (exact) mass is 274 g/mol. The molecule has 1 fully saturated rings. The third-order valence-corrected chi connectivity index (χ3v) is 5.59. The molecular weight excluding hydrogens is 260 g/mol. The van der Waals surface area contributed by atoms with Crippen LogP contribution in [-0.2, 0) is 9.84 Å². The number of anilines is 1. The molecule has 2 heterocycles. The van der Waals surface area contributed by atoms with Gasteiger partial charge < -0.3 is 4.90 Å². The fourth-order valence-corrected chi connectivity index (χ4v) is 4.50. The highest BCUT2D eigenvalue weighted by Gasteiger charge is 2.31. The zero-order valence-electron chi connectivity index (χ0n) is 9.71. The highest BCUT2D eigenvalue weighted by molar-refractivity contribution is 7.91. The van der Waals surface area contributed by atoms with Crippen molar-refractivity contribution < 1.29 is 13.2 Å². The minimum absolute atomic E-state index is 0.0223. The Labute approximate surface area is 104 Å². The maximum atomic E-state index is 11.4. The summed E-state index contributed by atoms with van der Waals surface area (Å²) in [6, 6.07) is -0.0223. The number of aromatic nitrogens is 1. The van der Waals surface area contributed by atoms with Gasteiger partial charge in [0.15, 0.2) is 20.8 Å². The van der Waals surface area contributed by atoms with Crippen molar-refractivity contribution in [2.24, 2.45) is 0 Å². The molecule has 2 rings (SSSR count). The lowest BCUT2D eigenvalue weighted by Gasteiger charge is -2.22. The quantitative estimate of drug-likeness (QED) is 0.768. The number of hydrogen-bond donors (Lipinski definition) is 0. The van der Waals surface area contributed by atoms with Crippen LogP contribution in [0.5, 0.6) is 0 Å². The second-order valence-corrected chi connectivity index (χ2v) is 7.30. The minimum Gasteiger partial charge on any atom is -0.347 e. The maximum absolute atomic E-state index is 11.4. The van der Waals surface area contributed by atoms with Gasteiger partial charge in [0.25, 0.3) is 0 Å². The van der Waals surface area contributed by atoms with Crippen LogP contribution < -0.4 is 4.90 Å². The van der Waals surface area contributed by atoms with Crippen molar-refractivity contribution in [3.8, 4) is 0 Å². The summed E-state index contributed by atoms with van der Waals surface area (Å²) in [6.45, 7) is 1.47. The van der Waals surface area contributed by atoms with Gasteiger partial charge in [-0.15, -0.1) is 11.3 Å². The molecule has 0 N–H and O–H groups in total. The Morgan fingerprint density at radius 1 is 1.59 bits per heavy atom. The standard InChI is InChI=1S/C10H14N2O3S2/c1-7(13)9-5-16-10(11-9)12(2)8-3-4-17(14,15)6-8/h5,8H,3-4,6H2,1-2H3. The minimum atomic E-state index is -2.89. The number of thiazole rings is 1. The molecule has 1 unspecified atom stereocenters. The molecular formula is C10H14N2O3S2. The average molecular weight is 274 g/mol. The Kier molecular flexibility index (Phi) is 3.22. The molecule has 1 aliphatic rings. The average Bonchev–Trinajstić information content (AvgIpc) is 2.83. The van der Waals surface area contributed by atoms with E-state index < -0.39 is 9.84 Å². The van der Waals surface area contributed by atoms with E-state index in [2.05, 4.69) is 4.98 Å². The molecule has 7 heteroatoms. The SMILES string of the molecule is CC(=O)c1csc(N(C)C2CCS(=O)(=O)C2)n1. The van der Waals surface area contributed by atoms with Gasteiger partial charge in [-0.1, -0.05) is 0 Å². The van der Waals surface area contributed by atoms with E-state index in [4.69, 9.17) is 0 Å². The van der Waals surface area contributed by atoms with E-state index >= 15 is 0 Å². The van der Waals surface area contributed by atoms with Gasteiger partial charge in [0.05, 0.1) is 11.5 Å². The zero-order valence-corrected chi connectivity index (χ0v) is 11.3. The number of carbonyl (C=O) groups excluding carboxylic acids is 1. The fraction of sp³-hybridized carbons (Fsp3) is 0.600. The summed E-state index contributed by atoms with van der Waals surface area (Å²) in [5.74, 6) is 0.353. The molecule has 1 aromatic heterocycles. The molecule has 94 valence electrons. The second kappa shape index (κ2) is 4.38. The Bertz CT molecular complexity index is 536. The number of hydrogen-bond acceptors (Lipinski definition) is 6. The van der Waals surface area contributed by atoms with Crippen LogP contribution in [0.4, 0.5) is 5.13 Å². The third-order valence-electron chi connectivity index (χ3n) is 2.91. The lowest BCUT2D eigenvalue weighted by atomic mass is 10.2.